The SMILES string of the molecule is CCCC[P+](CCCC)(CCCC)CCCC.Nc1ccc(C(=O)O)c([O-])c1. The second kappa shape index (κ2) is 15.6. The lowest BCUT2D eigenvalue weighted by atomic mass is 10.2. The zero-order valence-electron chi connectivity index (χ0n) is 18.5. The Morgan fingerprint density at radius 1 is 0.893 bits per heavy atom. The highest BCUT2D eigenvalue weighted by Crippen LogP contribution is 2.61. The Morgan fingerprint density at radius 2 is 1.29 bits per heavy atom. The van der Waals surface area contributed by atoms with E-state index in [9.17, 15) is 9.90 Å². The van der Waals surface area contributed by atoms with Crippen molar-refractivity contribution in [3.63, 3.8) is 0 Å². The van der Waals surface area contributed by atoms with Gasteiger partial charge in [-0.3, -0.25) is 0 Å². The minimum absolute atomic E-state index is 0.251. The van der Waals surface area contributed by atoms with E-state index in [1.165, 1.54) is 63.5 Å². The first-order valence-corrected chi connectivity index (χ1v) is 13.5. The van der Waals surface area contributed by atoms with E-state index in [1.807, 2.05) is 0 Å². The molecule has 0 radical (unpaired) electrons. The molecule has 0 bridgehead atoms. The van der Waals surface area contributed by atoms with Crippen molar-refractivity contribution < 1.29 is 15.0 Å². The minimum Gasteiger partial charge on any atom is -0.872 e. The van der Waals surface area contributed by atoms with Crippen LogP contribution in [0.5, 0.6) is 5.75 Å². The highest BCUT2D eigenvalue weighted by molar-refractivity contribution is 7.75. The van der Waals surface area contributed by atoms with Crippen molar-refractivity contribution in [1.29, 1.82) is 0 Å². The summed E-state index contributed by atoms with van der Waals surface area (Å²) in [5.41, 5.74) is 5.26. The van der Waals surface area contributed by atoms with Crippen LogP contribution in [-0.2, 0) is 0 Å². The summed E-state index contributed by atoms with van der Waals surface area (Å²) in [6, 6.07) is 3.66. The van der Waals surface area contributed by atoms with E-state index in [2.05, 4.69) is 27.7 Å². The summed E-state index contributed by atoms with van der Waals surface area (Å²) < 4.78 is 0. The predicted molar refractivity (Wildman–Crippen MR) is 123 cm³/mol. The number of anilines is 1. The van der Waals surface area contributed by atoms with Crippen LogP contribution in [0.15, 0.2) is 18.2 Å². The molecule has 0 spiro atoms. The molecular weight excluding hydrogens is 369 g/mol. The number of unbranched alkanes of at least 4 members (excludes halogenated alkanes) is 4. The maximum absolute atomic E-state index is 10.8. The Labute approximate surface area is 173 Å². The smallest absolute Gasteiger partial charge is 0.335 e. The molecule has 1 aromatic rings. The van der Waals surface area contributed by atoms with E-state index in [4.69, 9.17) is 10.8 Å². The maximum atomic E-state index is 10.8. The zero-order chi connectivity index (χ0) is 21.4. The van der Waals surface area contributed by atoms with Crippen molar-refractivity contribution in [2.75, 3.05) is 30.4 Å². The number of carbonyl (C=O) groups is 1. The molecule has 0 aliphatic heterocycles. The van der Waals surface area contributed by atoms with Gasteiger partial charge in [0, 0.05) is 12.9 Å². The van der Waals surface area contributed by atoms with Gasteiger partial charge in [-0.15, -0.1) is 0 Å². The molecule has 3 N–H and O–H groups in total. The number of nitrogen functional groups attached to an aromatic ring is 1. The van der Waals surface area contributed by atoms with Crippen LogP contribution in [0.3, 0.4) is 0 Å². The van der Waals surface area contributed by atoms with E-state index in [-0.39, 0.29) is 11.3 Å². The third-order valence-corrected chi connectivity index (χ3v) is 10.2. The predicted octanol–water partition coefficient (Wildman–Crippen LogP) is 6.25. The number of benzene rings is 1. The Hall–Kier alpha value is -1.28. The molecule has 0 fully saturated rings. The van der Waals surface area contributed by atoms with E-state index >= 15 is 0 Å². The van der Waals surface area contributed by atoms with Crippen LogP contribution in [0, 0.1) is 0 Å². The first-order chi connectivity index (χ1) is 13.4. The summed E-state index contributed by atoms with van der Waals surface area (Å²) in [5, 5.41) is 19.2. The number of nitrogens with two attached hydrogens (primary N) is 1. The normalized spacial score (nSPS) is 11.0. The number of aromatic carboxylic acids is 1. The van der Waals surface area contributed by atoms with E-state index in [1.54, 1.807) is 24.6 Å². The average Bonchev–Trinajstić information content (AvgIpc) is 2.67. The fourth-order valence-electron chi connectivity index (χ4n) is 3.36. The number of rotatable bonds is 13. The standard InChI is InChI=1S/C16H36P.C7H7NO3/c1-5-9-13-17(14-10-6-2,15-11-7-3)16-12-8-4;8-4-1-2-5(7(10)11)6(9)3-4/h5-16H2,1-4H3;1-3,9H,8H2,(H,10,11)/q+1;/p-1. The molecule has 0 heterocycles. The van der Waals surface area contributed by atoms with Gasteiger partial charge in [-0.25, -0.2) is 4.79 Å². The highest BCUT2D eigenvalue weighted by Gasteiger charge is 2.34. The largest absolute Gasteiger partial charge is 0.872 e. The van der Waals surface area contributed by atoms with Crippen molar-refractivity contribution in [2.24, 2.45) is 0 Å². The molecule has 4 nitrogen and oxygen atoms in total. The fourth-order valence-corrected chi connectivity index (χ4v) is 8.65. The van der Waals surface area contributed by atoms with Gasteiger partial charge in [0.2, 0.25) is 0 Å². The molecule has 0 aliphatic rings. The maximum Gasteiger partial charge on any atom is 0.335 e. The van der Waals surface area contributed by atoms with Gasteiger partial charge in [0.05, 0.1) is 30.2 Å². The monoisotopic (exact) mass is 411 g/mol. The molecule has 0 saturated carbocycles. The van der Waals surface area contributed by atoms with Gasteiger partial charge in [-0.05, 0) is 43.9 Å². The Bertz CT molecular complexity index is 511. The minimum atomic E-state index is -1.23. The van der Waals surface area contributed by atoms with Crippen molar-refractivity contribution in [3.05, 3.63) is 23.8 Å². The Balaban J connectivity index is 0.000000567. The lowest BCUT2D eigenvalue weighted by Crippen LogP contribution is -2.12. The van der Waals surface area contributed by atoms with Gasteiger partial charge in [0.1, 0.15) is 0 Å². The fraction of sp³-hybridized carbons (Fsp3) is 0.696. The summed E-state index contributed by atoms with van der Waals surface area (Å²) >= 11 is 0. The number of carboxylic acid groups (broad SMARTS) is 1. The molecular formula is C23H42NO3P. The van der Waals surface area contributed by atoms with Gasteiger partial charge >= 0.3 is 5.97 Å². The second-order valence-corrected chi connectivity index (χ2v) is 12.2. The van der Waals surface area contributed by atoms with Gasteiger partial charge in [0.25, 0.3) is 0 Å². The van der Waals surface area contributed by atoms with Crippen LogP contribution < -0.4 is 10.8 Å². The first kappa shape index (κ1) is 26.7. The molecule has 1 rings (SSSR count). The van der Waals surface area contributed by atoms with Crippen LogP contribution in [0.2, 0.25) is 0 Å². The number of hydrogen-bond donors (Lipinski definition) is 2. The highest BCUT2D eigenvalue weighted by atomic mass is 31.2. The average molecular weight is 412 g/mol. The summed E-state index contributed by atoms with van der Waals surface area (Å²) in [6.45, 7) is 9.42. The zero-order valence-corrected chi connectivity index (χ0v) is 19.4. The second-order valence-electron chi connectivity index (χ2n) is 7.71. The molecule has 0 unspecified atom stereocenters. The van der Waals surface area contributed by atoms with Crippen LogP contribution in [0.1, 0.15) is 89.4 Å². The topological polar surface area (TPSA) is 86.4 Å². The van der Waals surface area contributed by atoms with Crippen LogP contribution in [-0.4, -0.2) is 35.7 Å². The van der Waals surface area contributed by atoms with Crippen LogP contribution in [0.4, 0.5) is 5.69 Å². The van der Waals surface area contributed by atoms with Crippen LogP contribution in [0.25, 0.3) is 0 Å². The Morgan fingerprint density at radius 3 is 1.57 bits per heavy atom. The quantitative estimate of drug-likeness (QED) is 0.297. The molecule has 0 atom stereocenters. The third kappa shape index (κ3) is 10.9. The molecule has 0 aliphatic carbocycles. The molecule has 28 heavy (non-hydrogen) atoms. The molecule has 0 amide bonds. The van der Waals surface area contributed by atoms with Gasteiger partial charge in [0.15, 0.2) is 0 Å². The summed E-state index contributed by atoms with van der Waals surface area (Å²) in [7, 11) is -0.562. The molecule has 1 aromatic carbocycles. The summed E-state index contributed by atoms with van der Waals surface area (Å²) in [6.07, 6.45) is 17.9. The summed E-state index contributed by atoms with van der Waals surface area (Å²) in [5.74, 6) is -1.78. The van der Waals surface area contributed by atoms with Gasteiger partial charge < -0.3 is 15.9 Å². The lowest BCUT2D eigenvalue weighted by molar-refractivity contribution is -0.268. The van der Waals surface area contributed by atoms with Crippen molar-refractivity contribution in [3.8, 4) is 5.75 Å². The molecule has 0 aromatic heterocycles. The third-order valence-electron chi connectivity index (χ3n) is 5.18. The molecule has 5 heteroatoms. The van der Waals surface area contributed by atoms with E-state index < -0.39 is 19.0 Å². The number of hydrogen-bond acceptors (Lipinski definition) is 3. The molecule has 0 saturated heterocycles. The number of carboxylic acids is 1. The lowest BCUT2D eigenvalue weighted by Gasteiger charge is -2.28. The first-order valence-electron chi connectivity index (χ1n) is 11.0. The van der Waals surface area contributed by atoms with Crippen molar-refractivity contribution in [1.82, 2.24) is 0 Å². The Kier molecular flexibility index (Phi) is 14.9. The van der Waals surface area contributed by atoms with E-state index in [0.717, 1.165) is 6.07 Å². The van der Waals surface area contributed by atoms with Gasteiger partial charge in [-0.2, -0.15) is 0 Å². The van der Waals surface area contributed by atoms with Gasteiger partial charge in [-0.1, -0.05) is 59.1 Å². The van der Waals surface area contributed by atoms with E-state index in [0.29, 0.717) is 0 Å². The summed E-state index contributed by atoms with van der Waals surface area (Å²) in [4.78, 5) is 10.3. The van der Waals surface area contributed by atoms with Crippen molar-refractivity contribution >= 4 is 18.9 Å². The van der Waals surface area contributed by atoms with Crippen molar-refractivity contribution in [2.45, 2.75) is 79.1 Å². The van der Waals surface area contributed by atoms with Crippen LogP contribution >= 0.6 is 7.26 Å². The molecule has 162 valence electrons.